The van der Waals surface area contributed by atoms with Crippen molar-refractivity contribution in [1.82, 2.24) is 14.8 Å². The Hall–Kier alpha value is -3.14. The molecular weight excluding hydrogens is 390 g/mol. The van der Waals surface area contributed by atoms with Gasteiger partial charge in [0.05, 0.1) is 17.4 Å². The zero-order valence-electron chi connectivity index (χ0n) is 14.7. The molecule has 28 heavy (non-hydrogen) atoms. The van der Waals surface area contributed by atoms with Crippen molar-refractivity contribution < 1.29 is 22.0 Å². The number of nitrogens with zero attached hydrogens (tertiary/aromatic N) is 3. The summed E-state index contributed by atoms with van der Waals surface area (Å²) in [5.41, 5.74) is 0.171. The summed E-state index contributed by atoms with van der Waals surface area (Å²) in [7, 11) is -3.51. The number of aldehydes is 1. The molecule has 2 aromatic heterocycles. The fraction of sp³-hybridized carbons (Fsp3) is 0.167. The van der Waals surface area contributed by atoms with E-state index in [1.165, 1.54) is 18.3 Å². The highest BCUT2D eigenvalue weighted by atomic mass is 32.2. The van der Waals surface area contributed by atoms with E-state index in [1.54, 1.807) is 0 Å². The van der Waals surface area contributed by atoms with E-state index < -0.39 is 22.0 Å². The lowest BCUT2D eigenvalue weighted by Gasteiger charge is -2.11. The molecular formula is C18H16F2N4O3S. The minimum Gasteiger partial charge on any atom is -0.365 e. The Balaban J connectivity index is 2.05. The van der Waals surface area contributed by atoms with Crippen LogP contribution in [0, 0.1) is 0 Å². The summed E-state index contributed by atoms with van der Waals surface area (Å²) in [5.74, 6) is 0.0723. The van der Waals surface area contributed by atoms with Crippen LogP contribution in [0.15, 0.2) is 53.7 Å². The van der Waals surface area contributed by atoms with Crippen LogP contribution in [-0.4, -0.2) is 35.7 Å². The molecule has 1 N–H and O–H groups in total. The van der Waals surface area contributed by atoms with E-state index in [-0.39, 0.29) is 28.6 Å². The average Bonchev–Trinajstić information content (AvgIpc) is 3.05. The van der Waals surface area contributed by atoms with E-state index in [1.807, 2.05) is 30.3 Å². The first-order valence-electron chi connectivity index (χ1n) is 8.11. The summed E-state index contributed by atoms with van der Waals surface area (Å²) in [6.07, 6.45) is -0.436. The van der Waals surface area contributed by atoms with E-state index in [0.717, 1.165) is 16.5 Å². The molecule has 0 amide bonds. The van der Waals surface area contributed by atoms with Gasteiger partial charge in [-0.05, 0) is 17.7 Å². The van der Waals surface area contributed by atoms with Gasteiger partial charge in [-0.1, -0.05) is 30.3 Å². The Labute approximate surface area is 160 Å². The zero-order chi connectivity index (χ0) is 20.3. The van der Waals surface area contributed by atoms with Gasteiger partial charge in [-0.3, -0.25) is 4.79 Å². The van der Waals surface area contributed by atoms with Crippen LogP contribution in [0.5, 0.6) is 0 Å². The Kier molecular flexibility index (Phi) is 5.50. The van der Waals surface area contributed by atoms with Gasteiger partial charge in [0, 0.05) is 12.8 Å². The summed E-state index contributed by atoms with van der Waals surface area (Å²) in [6, 6.07) is 11.8. The molecule has 0 aliphatic rings. The second kappa shape index (κ2) is 7.85. The summed E-state index contributed by atoms with van der Waals surface area (Å²) in [4.78, 5) is 15.3. The van der Waals surface area contributed by atoms with Crippen molar-refractivity contribution in [2.75, 3.05) is 11.6 Å². The molecule has 0 bridgehead atoms. The highest BCUT2D eigenvalue weighted by Gasteiger charge is 2.25. The fourth-order valence-electron chi connectivity index (χ4n) is 2.58. The molecule has 10 heteroatoms. The van der Waals surface area contributed by atoms with E-state index in [9.17, 15) is 22.0 Å². The van der Waals surface area contributed by atoms with Crippen molar-refractivity contribution >= 4 is 21.9 Å². The normalized spacial score (nSPS) is 11.6. The van der Waals surface area contributed by atoms with Crippen molar-refractivity contribution in [2.45, 2.75) is 18.0 Å². The molecule has 0 atom stereocenters. The maximum absolute atomic E-state index is 13.3. The molecule has 146 valence electrons. The van der Waals surface area contributed by atoms with Crippen LogP contribution in [0.4, 0.5) is 14.6 Å². The third-order valence-electron chi connectivity index (χ3n) is 3.92. The Morgan fingerprint density at radius 3 is 2.43 bits per heavy atom. The quantitative estimate of drug-likeness (QED) is 0.606. The number of aromatic nitrogens is 3. The molecule has 0 spiro atoms. The molecule has 3 aromatic rings. The minimum absolute atomic E-state index is 0.0723. The van der Waals surface area contributed by atoms with Crippen LogP contribution in [-0.2, 0) is 16.4 Å². The number of anilines is 1. The summed E-state index contributed by atoms with van der Waals surface area (Å²) < 4.78 is 50.9. The largest absolute Gasteiger partial charge is 0.365 e. The van der Waals surface area contributed by atoms with Gasteiger partial charge in [-0.15, -0.1) is 0 Å². The predicted molar refractivity (Wildman–Crippen MR) is 98.6 cm³/mol. The number of sulfone groups is 1. The van der Waals surface area contributed by atoms with Crippen molar-refractivity contribution in [3.8, 4) is 5.69 Å². The van der Waals surface area contributed by atoms with Gasteiger partial charge in [0.15, 0.2) is 21.1 Å². The topological polar surface area (TPSA) is 94.0 Å². The highest BCUT2D eigenvalue weighted by Crippen LogP contribution is 2.29. The first-order chi connectivity index (χ1) is 13.3. The number of hydrogen-bond donors (Lipinski definition) is 1. The number of halogens is 2. The summed E-state index contributed by atoms with van der Waals surface area (Å²) >= 11 is 0. The van der Waals surface area contributed by atoms with Crippen LogP contribution < -0.4 is 5.32 Å². The summed E-state index contributed by atoms with van der Waals surface area (Å²) in [6.45, 7) is 0.269. The minimum atomic E-state index is -3.51. The fourth-order valence-corrected chi connectivity index (χ4v) is 3.14. The second-order valence-corrected chi connectivity index (χ2v) is 7.91. The van der Waals surface area contributed by atoms with Gasteiger partial charge in [-0.2, -0.15) is 5.10 Å². The third kappa shape index (κ3) is 4.06. The van der Waals surface area contributed by atoms with Crippen molar-refractivity contribution in [1.29, 1.82) is 0 Å². The van der Waals surface area contributed by atoms with Crippen LogP contribution in [0.25, 0.3) is 5.69 Å². The lowest BCUT2D eigenvalue weighted by molar-refractivity contribution is 0.110. The van der Waals surface area contributed by atoms with Crippen LogP contribution in [0.2, 0.25) is 0 Å². The molecule has 3 rings (SSSR count). The van der Waals surface area contributed by atoms with E-state index >= 15 is 0 Å². The van der Waals surface area contributed by atoms with Gasteiger partial charge >= 0.3 is 0 Å². The maximum Gasteiger partial charge on any atom is 0.282 e. The van der Waals surface area contributed by atoms with Crippen molar-refractivity contribution in [3.05, 3.63) is 65.5 Å². The molecule has 1 aromatic carbocycles. The molecule has 0 fully saturated rings. The van der Waals surface area contributed by atoms with Crippen molar-refractivity contribution in [2.24, 2.45) is 0 Å². The predicted octanol–water partition coefficient (Wildman–Crippen LogP) is 3.03. The molecule has 2 heterocycles. The first-order valence-corrected chi connectivity index (χ1v) is 10.0. The second-order valence-electron chi connectivity index (χ2n) is 5.94. The number of carbonyl (C=O) groups is 1. The van der Waals surface area contributed by atoms with Gasteiger partial charge in [0.2, 0.25) is 0 Å². The number of carbonyl (C=O) groups excluding carboxylic acids is 1. The van der Waals surface area contributed by atoms with E-state index in [4.69, 9.17) is 0 Å². The van der Waals surface area contributed by atoms with Crippen LogP contribution >= 0.6 is 0 Å². The maximum atomic E-state index is 13.3. The number of rotatable bonds is 7. The molecule has 0 aliphatic carbocycles. The summed E-state index contributed by atoms with van der Waals surface area (Å²) in [5, 5.41) is 6.64. The standard InChI is InChI=1S/C18H16F2N4O3S/c1-28(26,27)15-8-7-13(10-21-15)24-18(14(11-25)16(23-24)17(19)20)22-9-12-5-3-2-4-6-12/h2-8,10-11,17,22H,9H2,1H3. The number of nitrogens with one attached hydrogen (secondary N) is 1. The Morgan fingerprint density at radius 1 is 1.18 bits per heavy atom. The lowest BCUT2D eigenvalue weighted by Crippen LogP contribution is -2.09. The van der Waals surface area contributed by atoms with Crippen LogP contribution in [0.3, 0.4) is 0 Å². The Bertz CT molecular complexity index is 1080. The monoisotopic (exact) mass is 406 g/mol. The third-order valence-corrected chi connectivity index (χ3v) is 4.92. The zero-order valence-corrected chi connectivity index (χ0v) is 15.5. The SMILES string of the molecule is CS(=O)(=O)c1ccc(-n2nc(C(F)F)c(C=O)c2NCc2ccccc2)cn1. The first kappa shape index (κ1) is 19.6. The molecule has 0 unspecified atom stereocenters. The lowest BCUT2D eigenvalue weighted by atomic mass is 10.2. The van der Waals surface area contributed by atoms with Gasteiger partial charge < -0.3 is 5.32 Å². The van der Waals surface area contributed by atoms with Crippen molar-refractivity contribution in [3.63, 3.8) is 0 Å². The smallest absolute Gasteiger partial charge is 0.282 e. The average molecular weight is 406 g/mol. The number of alkyl halides is 2. The van der Waals surface area contributed by atoms with Gasteiger partial charge in [-0.25, -0.2) is 26.9 Å². The highest BCUT2D eigenvalue weighted by molar-refractivity contribution is 7.90. The van der Waals surface area contributed by atoms with E-state index in [0.29, 0.717) is 6.29 Å². The van der Waals surface area contributed by atoms with E-state index in [2.05, 4.69) is 15.4 Å². The molecule has 0 radical (unpaired) electrons. The molecule has 0 saturated heterocycles. The molecule has 0 saturated carbocycles. The number of benzene rings is 1. The van der Waals surface area contributed by atoms with Gasteiger partial charge in [0.25, 0.3) is 6.43 Å². The Morgan fingerprint density at radius 2 is 1.89 bits per heavy atom. The molecule has 0 aliphatic heterocycles. The van der Waals surface area contributed by atoms with Gasteiger partial charge in [0.1, 0.15) is 11.5 Å². The number of pyridine rings is 1. The van der Waals surface area contributed by atoms with Crippen LogP contribution in [0.1, 0.15) is 28.0 Å². The number of hydrogen-bond acceptors (Lipinski definition) is 6. The molecule has 7 nitrogen and oxygen atoms in total.